The van der Waals surface area contributed by atoms with Crippen molar-refractivity contribution in [1.29, 1.82) is 0 Å². The van der Waals surface area contributed by atoms with Crippen molar-refractivity contribution in [3.8, 4) is 0 Å². The summed E-state index contributed by atoms with van der Waals surface area (Å²) < 4.78 is 0. The summed E-state index contributed by atoms with van der Waals surface area (Å²) in [5, 5.41) is 26.9. The van der Waals surface area contributed by atoms with E-state index in [1.165, 1.54) is 0 Å². The largest absolute Gasteiger partial charge is 0.382 e. The Morgan fingerprint density at radius 1 is 1.04 bits per heavy atom. The molecule has 8 heteroatoms. The van der Waals surface area contributed by atoms with E-state index in [1.807, 2.05) is 60.7 Å². The quantitative estimate of drug-likeness (QED) is 0.460. The van der Waals surface area contributed by atoms with Gasteiger partial charge in [-0.25, -0.2) is 5.10 Å². The van der Waals surface area contributed by atoms with Gasteiger partial charge in [0.25, 0.3) is 5.91 Å². The predicted octanol–water partition coefficient (Wildman–Crippen LogP) is 0.531. The van der Waals surface area contributed by atoms with Crippen molar-refractivity contribution in [3.63, 3.8) is 0 Å². The van der Waals surface area contributed by atoms with Gasteiger partial charge in [0, 0.05) is 12.5 Å². The maximum atomic E-state index is 12.5. The zero-order valence-corrected chi connectivity index (χ0v) is 14.7. The Morgan fingerprint density at radius 2 is 1.63 bits per heavy atom. The second-order valence-corrected chi connectivity index (χ2v) is 6.34. The van der Waals surface area contributed by atoms with Crippen molar-refractivity contribution in [2.75, 3.05) is 0 Å². The molecule has 0 aliphatic rings. The summed E-state index contributed by atoms with van der Waals surface area (Å²) in [6, 6.07) is 17.9. The molecule has 0 radical (unpaired) electrons. The van der Waals surface area contributed by atoms with Crippen LogP contribution in [0.25, 0.3) is 0 Å². The Hall–Kier alpha value is -3.10. The van der Waals surface area contributed by atoms with Crippen molar-refractivity contribution in [1.82, 2.24) is 25.9 Å². The van der Waals surface area contributed by atoms with Crippen LogP contribution in [0.15, 0.2) is 60.7 Å². The fourth-order valence-corrected chi connectivity index (χ4v) is 2.83. The highest BCUT2D eigenvalue weighted by Gasteiger charge is 2.27. The minimum Gasteiger partial charge on any atom is -0.382 e. The third-order valence-corrected chi connectivity index (χ3v) is 4.28. The number of aromatic nitrogens is 4. The maximum absolute atomic E-state index is 12.5. The molecule has 0 bridgehead atoms. The van der Waals surface area contributed by atoms with Crippen molar-refractivity contribution >= 4 is 5.91 Å². The molecule has 0 saturated heterocycles. The molecule has 0 unspecified atom stereocenters. The van der Waals surface area contributed by atoms with Gasteiger partial charge in [-0.15, -0.1) is 5.10 Å². The molecule has 5 N–H and O–H groups in total. The maximum Gasteiger partial charge on any atom is 0.251 e. The summed E-state index contributed by atoms with van der Waals surface area (Å²) in [7, 11) is 0. The summed E-state index contributed by atoms with van der Waals surface area (Å²) in [5.41, 5.74) is 8.00. The number of rotatable bonds is 8. The Labute approximate surface area is 156 Å². The Morgan fingerprint density at radius 3 is 2.19 bits per heavy atom. The monoisotopic (exact) mass is 366 g/mol. The summed E-state index contributed by atoms with van der Waals surface area (Å²) in [6.07, 6.45) is -0.480. The zero-order valence-electron chi connectivity index (χ0n) is 14.7. The molecule has 3 aromatic rings. The first-order valence-corrected chi connectivity index (χ1v) is 8.69. The molecule has 1 amide bonds. The van der Waals surface area contributed by atoms with Crippen LogP contribution in [0.4, 0.5) is 0 Å². The first-order valence-electron chi connectivity index (χ1n) is 8.69. The molecule has 0 saturated carbocycles. The molecule has 0 aliphatic heterocycles. The lowest BCUT2D eigenvalue weighted by atomic mass is 10.0. The topological polar surface area (TPSA) is 130 Å². The van der Waals surface area contributed by atoms with Gasteiger partial charge in [-0.2, -0.15) is 0 Å². The van der Waals surface area contributed by atoms with Crippen LogP contribution in [0.1, 0.15) is 23.0 Å². The third kappa shape index (κ3) is 5.19. The van der Waals surface area contributed by atoms with Crippen molar-refractivity contribution < 1.29 is 9.90 Å². The Kier molecular flexibility index (Phi) is 6.24. The number of hydrogen-bond donors (Lipinski definition) is 4. The summed E-state index contributed by atoms with van der Waals surface area (Å²) in [4.78, 5) is 12.5. The number of nitrogens with two attached hydrogens (primary N) is 1. The molecule has 3 rings (SSSR count). The molecule has 0 fully saturated rings. The lowest BCUT2D eigenvalue weighted by molar-refractivity contribution is -0.131. The first kappa shape index (κ1) is 18.7. The minimum atomic E-state index is -1.35. The van der Waals surface area contributed by atoms with E-state index in [4.69, 9.17) is 5.73 Å². The number of H-pyrrole nitrogens is 1. The number of amides is 1. The molecule has 1 aromatic heterocycles. The van der Waals surface area contributed by atoms with Crippen LogP contribution in [0.5, 0.6) is 0 Å². The highest BCUT2D eigenvalue weighted by Crippen LogP contribution is 2.15. The summed E-state index contributed by atoms with van der Waals surface area (Å²) in [6.45, 7) is 0. The second kappa shape index (κ2) is 9.02. The van der Waals surface area contributed by atoms with Crippen LogP contribution in [0, 0.1) is 0 Å². The average molecular weight is 366 g/mol. The van der Waals surface area contributed by atoms with Gasteiger partial charge in [-0.1, -0.05) is 60.7 Å². The predicted molar refractivity (Wildman–Crippen MR) is 99.3 cm³/mol. The number of nitrogens with zero attached hydrogens (tertiary/aromatic N) is 3. The molecule has 3 atom stereocenters. The van der Waals surface area contributed by atoms with E-state index in [9.17, 15) is 9.90 Å². The van der Waals surface area contributed by atoms with Gasteiger partial charge in [0.1, 0.15) is 6.10 Å². The van der Waals surface area contributed by atoms with Crippen LogP contribution < -0.4 is 11.1 Å². The number of nitrogens with one attached hydrogen (secondary N) is 2. The fraction of sp³-hybridized carbons (Fsp3) is 0.263. The molecular formula is C19H22N6O2. The Balaban J connectivity index is 1.66. The van der Waals surface area contributed by atoms with Crippen molar-refractivity contribution in [3.05, 3.63) is 77.6 Å². The molecule has 27 heavy (non-hydrogen) atoms. The lowest BCUT2D eigenvalue weighted by Crippen LogP contribution is -2.48. The number of aromatic amines is 1. The highest BCUT2D eigenvalue weighted by atomic mass is 16.3. The van der Waals surface area contributed by atoms with Crippen molar-refractivity contribution in [2.45, 2.75) is 31.0 Å². The van der Waals surface area contributed by atoms with E-state index in [-0.39, 0.29) is 0 Å². The van der Waals surface area contributed by atoms with Crippen molar-refractivity contribution in [2.24, 2.45) is 5.73 Å². The van der Waals surface area contributed by atoms with Gasteiger partial charge >= 0.3 is 0 Å². The Bertz CT molecular complexity index is 826. The van der Waals surface area contributed by atoms with Gasteiger partial charge in [-0.3, -0.25) is 4.79 Å². The van der Waals surface area contributed by atoms with Crippen LogP contribution in [-0.4, -0.2) is 43.8 Å². The zero-order chi connectivity index (χ0) is 19.1. The number of carbonyl (C=O) groups is 1. The molecule has 0 spiro atoms. The number of tetrazole rings is 1. The molecule has 1 heterocycles. The van der Waals surface area contributed by atoms with Crippen LogP contribution in [0.2, 0.25) is 0 Å². The molecule has 0 aliphatic carbocycles. The number of aliphatic hydroxyl groups is 1. The molecule has 8 nitrogen and oxygen atoms in total. The van der Waals surface area contributed by atoms with Crippen LogP contribution in [0.3, 0.4) is 0 Å². The lowest BCUT2D eigenvalue weighted by Gasteiger charge is -2.22. The second-order valence-electron chi connectivity index (χ2n) is 6.34. The molecule has 2 aromatic carbocycles. The van der Waals surface area contributed by atoms with E-state index >= 15 is 0 Å². The van der Waals surface area contributed by atoms with Gasteiger partial charge in [0.05, 0.1) is 6.04 Å². The molecule has 140 valence electrons. The van der Waals surface area contributed by atoms with Gasteiger partial charge < -0.3 is 16.2 Å². The van der Waals surface area contributed by atoms with E-state index < -0.39 is 24.1 Å². The average Bonchev–Trinajstić information content (AvgIpc) is 3.23. The normalized spacial score (nSPS) is 14.3. The summed E-state index contributed by atoms with van der Waals surface area (Å²) >= 11 is 0. The van der Waals surface area contributed by atoms with Gasteiger partial charge in [0.15, 0.2) is 5.82 Å². The van der Waals surface area contributed by atoms with E-state index in [0.717, 1.165) is 11.1 Å². The van der Waals surface area contributed by atoms with Gasteiger partial charge in [0.2, 0.25) is 0 Å². The number of carbonyl (C=O) groups excluding carboxylic acids is 1. The van der Waals surface area contributed by atoms with E-state index in [2.05, 4.69) is 25.9 Å². The van der Waals surface area contributed by atoms with Crippen LogP contribution in [-0.2, 0) is 17.6 Å². The number of hydrogen-bond acceptors (Lipinski definition) is 6. The standard InChI is InChI=1S/C19H22N6O2/c20-15(11-13-7-3-1-4-8-13)17(26)19(27)21-16(18-22-24-25-23-18)12-14-9-5-2-6-10-14/h1-10,15-17,26H,11-12,20H2,(H,21,27)(H,22,23,24,25)/t15-,16+,17+/m1/s1. The minimum absolute atomic E-state index is 0.392. The first-order chi connectivity index (χ1) is 13.1. The smallest absolute Gasteiger partial charge is 0.251 e. The summed E-state index contributed by atoms with van der Waals surface area (Å²) in [5.74, 6) is -0.146. The third-order valence-electron chi connectivity index (χ3n) is 4.28. The molecular weight excluding hydrogens is 344 g/mol. The fourth-order valence-electron chi connectivity index (χ4n) is 2.83. The number of aliphatic hydroxyl groups excluding tert-OH is 1. The van der Waals surface area contributed by atoms with Crippen LogP contribution >= 0.6 is 0 Å². The highest BCUT2D eigenvalue weighted by molar-refractivity contribution is 5.81. The van der Waals surface area contributed by atoms with E-state index in [1.54, 1.807) is 0 Å². The number of benzene rings is 2. The van der Waals surface area contributed by atoms with E-state index in [0.29, 0.717) is 18.7 Å². The SMILES string of the molecule is N[C@H](Cc1ccccc1)[C@H](O)C(=O)N[C@@H](Cc1ccccc1)c1nnn[nH]1. The van der Waals surface area contributed by atoms with Gasteiger partial charge in [-0.05, 0) is 28.0 Å².